The quantitative estimate of drug-likeness (QED) is 0.617. The molecule has 3 N–H and O–H groups in total. The molecule has 0 heterocycles. The summed E-state index contributed by atoms with van der Waals surface area (Å²) in [6.45, 7) is 4.33. The molecule has 17 heavy (non-hydrogen) atoms. The number of hydrogen-bond acceptors (Lipinski definition) is 2. The third kappa shape index (κ3) is 4.37. The van der Waals surface area contributed by atoms with Crippen molar-refractivity contribution >= 4 is 15.9 Å². The van der Waals surface area contributed by atoms with Gasteiger partial charge in [0.25, 0.3) is 0 Å². The Bertz CT molecular complexity index is 357. The standard InChI is InChI=1S/C13H20BrFN2/c1-3-4-9(2)7-13(17-16)11-6-5-10(14)8-12(11)15/h5-6,8-9,13,17H,3-4,7,16H2,1-2H3. The molecule has 2 atom stereocenters. The molecule has 0 amide bonds. The van der Waals surface area contributed by atoms with Gasteiger partial charge in [-0.05, 0) is 24.5 Å². The largest absolute Gasteiger partial charge is 0.271 e. The first-order valence-corrected chi connectivity index (χ1v) is 6.78. The summed E-state index contributed by atoms with van der Waals surface area (Å²) in [4.78, 5) is 0. The molecule has 0 aliphatic carbocycles. The van der Waals surface area contributed by atoms with Crippen molar-refractivity contribution < 1.29 is 4.39 Å². The van der Waals surface area contributed by atoms with Crippen LogP contribution in [0.25, 0.3) is 0 Å². The van der Waals surface area contributed by atoms with E-state index in [0.717, 1.165) is 23.7 Å². The van der Waals surface area contributed by atoms with Crippen LogP contribution in [0.4, 0.5) is 4.39 Å². The van der Waals surface area contributed by atoms with Gasteiger partial charge in [0.15, 0.2) is 0 Å². The van der Waals surface area contributed by atoms with Crippen molar-refractivity contribution in [1.82, 2.24) is 5.43 Å². The molecule has 0 saturated carbocycles. The molecule has 1 aromatic carbocycles. The molecule has 0 aliphatic heterocycles. The molecule has 4 heteroatoms. The highest BCUT2D eigenvalue weighted by atomic mass is 79.9. The molecule has 0 spiro atoms. The number of benzene rings is 1. The molecule has 0 bridgehead atoms. The molecular formula is C13H20BrFN2. The molecule has 1 rings (SSSR count). The summed E-state index contributed by atoms with van der Waals surface area (Å²) in [6.07, 6.45) is 3.13. The van der Waals surface area contributed by atoms with Crippen molar-refractivity contribution in [2.45, 2.75) is 39.2 Å². The summed E-state index contributed by atoms with van der Waals surface area (Å²) in [7, 11) is 0. The van der Waals surface area contributed by atoms with Crippen LogP contribution in [-0.2, 0) is 0 Å². The van der Waals surface area contributed by atoms with Gasteiger partial charge in [-0.2, -0.15) is 0 Å². The highest BCUT2D eigenvalue weighted by Crippen LogP contribution is 2.26. The molecule has 96 valence electrons. The summed E-state index contributed by atoms with van der Waals surface area (Å²) >= 11 is 3.25. The van der Waals surface area contributed by atoms with Crippen molar-refractivity contribution in [2.24, 2.45) is 11.8 Å². The lowest BCUT2D eigenvalue weighted by Crippen LogP contribution is -2.30. The summed E-state index contributed by atoms with van der Waals surface area (Å²) in [5, 5.41) is 0. The van der Waals surface area contributed by atoms with Gasteiger partial charge in [-0.25, -0.2) is 4.39 Å². The minimum atomic E-state index is -0.217. The number of rotatable bonds is 6. The fourth-order valence-corrected chi connectivity index (χ4v) is 2.42. The maximum atomic E-state index is 13.8. The maximum Gasteiger partial charge on any atom is 0.129 e. The second-order valence-electron chi connectivity index (χ2n) is 4.51. The van der Waals surface area contributed by atoms with E-state index in [1.54, 1.807) is 6.07 Å². The van der Waals surface area contributed by atoms with Crippen LogP contribution >= 0.6 is 15.9 Å². The SMILES string of the molecule is CCCC(C)CC(NN)c1ccc(Br)cc1F. The van der Waals surface area contributed by atoms with E-state index in [2.05, 4.69) is 35.2 Å². The van der Waals surface area contributed by atoms with E-state index in [1.807, 2.05) is 6.07 Å². The molecule has 2 unspecified atom stereocenters. The van der Waals surface area contributed by atoms with Gasteiger partial charge in [0.05, 0.1) is 0 Å². The molecule has 0 aromatic heterocycles. The van der Waals surface area contributed by atoms with Crippen LogP contribution < -0.4 is 11.3 Å². The number of nitrogens with one attached hydrogen (secondary N) is 1. The monoisotopic (exact) mass is 302 g/mol. The Morgan fingerprint density at radius 1 is 1.47 bits per heavy atom. The average Bonchev–Trinajstić information content (AvgIpc) is 2.27. The molecule has 1 aromatic rings. The smallest absolute Gasteiger partial charge is 0.129 e. The van der Waals surface area contributed by atoms with Crippen LogP contribution in [-0.4, -0.2) is 0 Å². The predicted molar refractivity (Wildman–Crippen MR) is 72.9 cm³/mol. The maximum absolute atomic E-state index is 13.8. The molecule has 2 nitrogen and oxygen atoms in total. The number of nitrogens with two attached hydrogens (primary N) is 1. The second kappa shape index (κ2) is 7.09. The Morgan fingerprint density at radius 2 is 2.18 bits per heavy atom. The number of hydrogen-bond donors (Lipinski definition) is 2. The Labute approximate surface area is 111 Å². The van der Waals surface area contributed by atoms with Crippen LogP contribution in [0, 0.1) is 11.7 Å². The van der Waals surface area contributed by atoms with Crippen molar-refractivity contribution in [2.75, 3.05) is 0 Å². The van der Waals surface area contributed by atoms with E-state index in [4.69, 9.17) is 5.84 Å². The zero-order valence-electron chi connectivity index (χ0n) is 10.3. The van der Waals surface area contributed by atoms with E-state index in [1.165, 1.54) is 6.07 Å². The molecule has 0 fully saturated rings. The van der Waals surface area contributed by atoms with Gasteiger partial charge in [0.2, 0.25) is 0 Å². The number of halogens is 2. The van der Waals surface area contributed by atoms with Crippen molar-refractivity contribution in [3.05, 3.63) is 34.1 Å². The second-order valence-corrected chi connectivity index (χ2v) is 5.43. The fraction of sp³-hybridized carbons (Fsp3) is 0.538. The van der Waals surface area contributed by atoms with Gasteiger partial charge in [0.1, 0.15) is 5.82 Å². The van der Waals surface area contributed by atoms with Crippen molar-refractivity contribution in [3.8, 4) is 0 Å². The third-order valence-corrected chi connectivity index (χ3v) is 3.45. The molecule has 0 radical (unpaired) electrons. The Balaban J connectivity index is 2.79. The lowest BCUT2D eigenvalue weighted by Gasteiger charge is -2.21. The van der Waals surface area contributed by atoms with Crippen molar-refractivity contribution in [3.63, 3.8) is 0 Å². The first kappa shape index (κ1) is 14.6. The summed E-state index contributed by atoms with van der Waals surface area (Å²) in [6, 6.07) is 4.98. The number of hydrazine groups is 1. The highest BCUT2D eigenvalue weighted by Gasteiger charge is 2.17. The minimum absolute atomic E-state index is 0.121. The van der Waals surface area contributed by atoms with Gasteiger partial charge in [0, 0.05) is 16.1 Å². The Morgan fingerprint density at radius 3 is 2.71 bits per heavy atom. The van der Waals surface area contributed by atoms with Crippen LogP contribution in [0.15, 0.2) is 22.7 Å². The minimum Gasteiger partial charge on any atom is -0.271 e. The van der Waals surface area contributed by atoms with Crippen LogP contribution in [0.2, 0.25) is 0 Å². The fourth-order valence-electron chi connectivity index (χ4n) is 2.08. The van der Waals surface area contributed by atoms with E-state index in [9.17, 15) is 4.39 Å². The third-order valence-electron chi connectivity index (χ3n) is 2.96. The summed E-state index contributed by atoms with van der Waals surface area (Å²) in [5.74, 6) is 5.84. The van der Waals surface area contributed by atoms with Crippen LogP contribution in [0.5, 0.6) is 0 Å². The van der Waals surface area contributed by atoms with Gasteiger partial charge < -0.3 is 0 Å². The van der Waals surface area contributed by atoms with Gasteiger partial charge in [-0.3, -0.25) is 11.3 Å². The molecule has 0 aliphatic rings. The average molecular weight is 303 g/mol. The van der Waals surface area contributed by atoms with Crippen molar-refractivity contribution in [1.29, 1.82) is 0 Å². The predicted octanol–water partition coefficient (Wildman–Crippen LogP) is 3.92. The van der Waals surface area contributed by atoms with Crippen LogP contribution in [0.1, 0.15) is 44.7 Å². The zero-order chi connectivity index (χ0) is 12.8. The lowest BCUT2D eigenvalue weighted by molar-refractivity contribution is 0.385. The lowest BCUT2D eigenvalue weighted by atomic mass is 9.93. The highest BCUT2D eigenvalue weighted by molar-refractivity contribution is 9.10. The van der Waals surface area contributed by atoms with E-state index >= 15 is 0 Å². The summed E-state index contributed by atoms with van der Waals surface area (Å²) < 4.78 is 14.5. The normalized spacial score (nSPS) is 14.6. The summed E-state index contributed by atoms with van der Waals surface area (Å²) in [5.41, 5.74) is 3.35. The first-order chi connectivity index (χ1) is 8.08. The van der Waals surface area contributed by atoms with Crippen LogP contribution in [0.3, 0.4) is 0 Å². The Hall–Kier alpha value is -0.450. The van der Waals surface area contributed by atoms with E-state index in [-0.39, 0.29) is 11.9 Å². The topological polar surface area (TPSA) is 38.0 Å². The zero-order valence-corrected chi connectivity index (χ0v) is 11.9. The van der Waals surface area contributed by atoms with E-state index in [0.29, 0.717) is 11.5 Å². The Kier molecular flexibility index (Phi) is 6.09. The molecular weight excluding hydrogens is 283 g/mol. The van der Waals surface area contributed by atoms with Gasteiger partial charge in [-0.15, -0.1) is 0 Å². The van der Waals surface area contributed by atoms with Gasteiger partial charge >= 0.3 is 0 Å². The van der Waals surface area contributed by atoms with E-state index < -0.39 is 0 Å². The van der Waals surface area contributed by atoms with Gasteiger partial charge in [-0.1, -0.05) is 48.7 Å². The molecule has 0 saturated heterocycles. The first-order valence-electron chi connectivity index (χ1n) is 5.99.